The van der Waals surface area contributed by atoms with Gasteiger partial charge in [0.05, 0.1) is 33.2 Å². The van der Waals surface area contributed by atoms with E-state index < -0.39 is 10.8 Å². The topological polar surface area (TPSA) is 229 Å². The molecule has 3 saturated heterocycles. The van der Waals surface area contributed by atoms with E-state index in [0.29, 0.717) is 72.2 Å². The number of halogens is 1. The molecule has 12 rings (SSSR count). The van der Waals surface area contributed by atoms with Crippen LogP contribution in [0, 0.1) is 35.5 Å². The Balaban J connectivity index is 0.000000156. The molecule has 22 heteroatoms. The average Bonchev–Trinajstić information content (AvgIpc) is 2.00. The summed E-state index contributed by atoms with van der Waals surface area (Å²) in [6.07, 6.45) is 10.6. The summed E-state index contributed by atoms with van der Waals surface area (Å²) in [4.78, 5) is 79.9. The molecule has 0 bridgehead atoms. The van der Waals surface area contributed by atoms with Gasteiger partial charge >= 0.3 is 6.09 Å². The first-order valence-electron chi connectivity index (χ1n) is 29.8. The lowest BCUT2D eigenvalue weighted by molar-refractivity contribution is -0.126. The zero-order chi connectivity index (χ0) is 63.8. The van der Waals surface area contributed by atoms with Gasteiger partial charge in [-0.25, -0.2) is 34.7 Å². The van der Waals surface area contributed by atoms with Crippen molar-refractivity contribution in [2.24, 2.45) is 0 Å². The number of para-hydroxylation sites is 3. The van der Waals surface area contributed by atoms with E-state index in [1.165, 1.54) is 25.3 Å². The summed E-state index contributed by atoms with van der Waals surface area (Å²) in [7, 11) is 0. The molecule has 3 aliphatic rings. The van der Waals surface area contributed by atoms with Gasteiger partial charge in [-0.1, -0.05) is 85.5 Å². The van der Waals surface area contributed by atoms with Crippen LogP contribution in [0.5, 0.6) is 17.2 Å². The van der Waals surface area contributed by atoms with Crippen molar-refractivity contribution in [2.45, 2.75) is 45.6 Å². The molecule has 0 atom stereocenters. The Morgan fingerprint density at radius 1 is 0.495 bits per heavy atom. The molecular weight excluding hydrogens is 1170 g/mol. The van der Waals surface area contributed by atoms with Crippen LogP contribution in [-0.2, 0) is 14.3 Å². The molecule has 0 spiro atoms. The van der Waals surface area contributed by atoms with Gasteiger partial charge in [0, 0.05) is 65.4 Å². The zero-order valence-electron chi connectivity index (χ0n) is 51.2. The van der Waals surface area contributed by atoms with Crippen molar-refractivity contribution >= 4 is 79.4 Å². The van der Waals surface area contributed by atoms with Crippen molar-refractivity contribution in [2.75, 3.05) is 100.0 Å². The number of piperidine rings is 1. The first kappa shape index (κ1) is 64.6. The third-order valence-electron chi connectivity index (χ3n) is 14.2. The van der Waals surface area contributed by atoms with Crippen LogP contribution in [-0.4, -0.2) is 163 Å². The predicted molar refractivity (Wildman–Crippen MR) is 354 cm³/mol. The van der Waals surface area contributed by atoms with Gasteiger partial charge in [-0.2, -0.15) is 0 Å². The lowest BCUT2D eigenvalue weighted by Gasteiger charge is -2.36. The molecule has 2 amide bonds. The molecule has 0 radical (unpaired) electrons. The van der Waals surface area contributed by atoms with Crippen molar-refractivity contribution < 1.29 is 33.3 Å². The van der Waals surface area contributed by atoms with Crippen molar-refractivity contribution in [3.8, 4) is 52.8 Å². The van der Waals surface area contributed by atoms with E-state index in [9.17, 15) is 14.4 Å². The summed E-state index contributed by atoms with van der Waals surface area (Å²) in [5.41, 5.74) is 4.17. The summed E-state index contributed by atoms with van der Waals surface area (Å²) < 4.78 is 22.3. The Hall–Kier alpha value is -10.8. The lowest BCUT2D eigenvalue weighted by atomic mass is 10.1. The van der Waals surface area contributed by atoms with E-state index in [1.54, 1.807) is 28.8 Å². The normalized spacial score (nSPS) is 13.6. The smallest absolute Gasteiger partial charge is 0.410 e. The number of allylic oxidation sites excluding steroid dienone is 1. The van der Waals surface area contributed by atoms with E-state index in [1.807, 2.05) is 130 Å². The first-order chi connectivity index (χ1) is 44.3. The fraction of sp³-hybridized carbons (Fsp3) is 0.290. The van der Waals surface area contributed by atoms with Crippen LogP contribution in [0.2, 0.25) is 0 Å². The number of fused-ring (bicyclic) bond motifs is 3. The SMILES string of the molecule is C(#Cc1cc2c(N3CCCCC3)ncnc2[nH]1)COc1ccccc1.C=CC(=O)Cl.C=CC(=O)N1CCN(c2ncnc3[nH]c(C#CCOc4ccccc4)cc23)CC1.CC(C)(C)OC(=O)N1CCN(c2ncnc3[nH]c(C#CCOc4ccccc4)cc23)CC1. The first-order valence-corrected chi connectivity index (χ1v) is 30.2. The van der Waals surface area contributed by atoms with E-state index >= 15 is 0 Å². The summed E-state index contributed by atoms with van der Waals surface area (Å²) in [6.45, 7) is 20.5. The molecule has 9 aromatic rings. The quantitative estimate of drug-likeness (QED) is 0.0621. The van der Waals surface area contributed by atoms with Gasteiger partial charge in [0.25, 0.3) is 0 Å². The fourth-order valence-electron chi connectivity index (χ4n) is 9.84. The summed E-state index contributed by atoms with van der Waals surface area (Å²) in [5, 5.41) is 2.36. The highest BCUT2D eigenvalue weighted by Gasteiger charge is 2.28. The van der Waals surface area contributed by atoms with Crippen LogP contribution >= 0.6 is 11.6 Å². The molecule has 0 saturated carbocycles. The van der Waals surface area contributed by atoms with Crippen LogP contribution in [0.4, 0.5) is 22.2 Å². The van der Waals surface area contributed by atoms with Crippen LogP contribution in [0.1, 0.15) is 57.1 Å². The average molecular weight is 1240 g/mol. The number of nitrogens with zero attached hydrogens (tertiary/aromatic N) is 11. The van der Waals surface area contributed by atoms with Crippen molar-refractivity contribution in [3.63, 3.8) is 0 Å². The van der Waals surface area contributed by atoms with E-state index in [-0.39, 0.29) is 12.0 Å². The lowest BCUT2D eigenvalue weighted by Crippen LogP contribution is -2.50. The Bertz CT molecular complexity index is 4100. The third-order valence-corrected chi connectivity index (χ3v) is 14.3. The highest BCUT2D eigenvalue weighted by Crippen LogP contribution is 2.29. The Labute approximate surface area is 533 Å². The van der Waals surface area contributed by atoms with Gasteiger partial charge in [-0.15, -0.1) is 0 Å². The molecular formula is C69H71ClN14O7. The molecule has 21 nitrogen and oxygen atoms in total. The number of rotatable bonds is 11. The Morgan fingerprint density at radius 3 is 1.16 bits per heavy atom. The molecule has 466 valence electrons. The number of aromatic amines is 3. The predicted octanol–water partition coefficient (Wildman–Crippen LogP) is 9.98. The molecule has 91 heavy (non-hydrogen) atoms. The maximum absolute atomic E-state index is 12.3. The van der Waals surface area contributed by atoms with Crippen LogP contribution in [0.15, 0.2) is 153 Å². The molecule has 6 aromatic heterocycles. The minimum absolute atomic E-state index is 0.0330. The van der Waals surface area contributed by atoms with Crippen molar-refractivity contribution in [3.05, 3.63) is 171 Å². The number of carbonyl (C=O) groups excluding carboxylic acids is 3. The molecule has 3 aromatic carbocycles. The summed E-state index contributed by atoms with van der Waals surface area (Å²) in [5.74, 6) is 23.4. The number of hydrogen-bond acceptors (Lipinski definition) is 16. The number of piperazine rings is 2. The number of hydrogen-bond donors (Lipinski definition) is 3. The molecule has 9 heterocycles. The Morgan fingerprint density at radius 2 is 0.835 bits per heavy atom. The van der Waals surface area contributed by atoms with Crippen LogP contribution in [0.3, 0.4) is 0 Å². The number of nitrogens with one attached hydrogen (secondary N) is 3. The molecule has 0 unspecified atom stereocenters. The number of anilines is 3. The van der Waals surface area contributed by atoms with Crippen molar-refractivity contribution in [1.29, 1.82) is 0 Å². The van der Waals surface area contributed by atoms with Gasteiger partial charge in [0.2, 0.25) is 11.1 Å². The minimum atomic E-state index is -0.509. The number of amides is 2. The van der Waals surface area contributed by atoms with Crippen LogP contribution in [0.25, 0.3) is 33.1 Å². The third kappa shape index (κ3) is 19.1. The largest absolute Gasteiger partial charge is 0.481 e. The second kappa shape index (κ2) is 32.4. The number of aromatic nitrogens is 9. The minimum Gasteiger partial charge on any atom is -0.481 e. The summed E-state index contributed by atoms with van der Waals surface area (Å²) in [6, 6.07) is 34.8. The number of ether oxygens (including phenoxy) is 4. The van der Waals surface area contributed by atoms with Gasteiger partial charge < -0.3 is 58.4 Å². The van der Waals surface area contributed by atoms with E-state index in [2.05, 4.69) is 108 Å². The monoisotopic (exact) mass is 1240 g/mol. The fourth-order valence-corrected chi connectivity index (χ4v) is 9.84. The highest BCUT2D eigenvalue weighted by molar-refractivity contribution is 6.66. The number of H-pyrrole nitrogens is 3. The maximum atomic E-state index is 12.3. The van der Waals surface area contributed by atoms with Crippen molar-refractivity contribution in [1.82, 2.24) is 54.7 Å². The molecule has 3 fully saturated rings. The number of carbonyl (C=O) groups is 3. The highest BCUT2D eigenvalue weighted by atomic mass is 35.5. The van der Waals surface area contributed by atoms with E-state index in [0.717, 1.165) is 104 Å². The molecule has 0 aliphatic carbocycles. The second-order valence-corrected chi connectivity index (χ2v) is 22.0. The Kier molecular flexibility index (Phi) is 23.0. The molecule has 3 N–H and O–H groups in total. The zero-order valence-corrected chi connectivity index (χ0v) is 51.9. The maximum Gasteiger partial charge on any atom is 0.410 e. The van der Waals surface area contributed by atoms with Gasteiger partial charge in [0.1, 0.15) is 96.0 Å². The summed E-state index contributed by atoms with van der Waals surface area (Å²) >= 11 is 4.71. The van der Waals surface area contributed by atoms with E-state index in [4.69, 9.17) is 30.5 Å². The van der Waals surface area contributed by atoms with Gasteiger partial charge in [0.15, 0.2) is 0 Å². The van der Waals surface area contributed by atoms with Gasteiger partial charge in [-0.05, 0) is 136 Å². The van der Waals surface area contributed by atoms with Crippen LogP contribution < -0.4 is 28.9 Å². The second-order valence-electron chi connectivity index (χ2n) is 21.7. The standard InChI is InChI=1S/C24H27N5O3.C22H21N5O2.C20H20N4O.C3H3ClO/c1-24(2,3)32-23(30)29-13-11-28(12-14-29)22-20-16-18(27-21(20)25-17-26-22)8-7-15-31-19-9-5-4-6-10-19;1-2-20(28)26-10-12-27(13-11-26)22-19-15-17(25-21(19)23-16-24-22)7-6-14-29-18-8-4-3-5-9-18;1-3-9-17(10-4-1)25-13-7-8-16-14-18-19(23-16)21-15-22-20(18)24-11-5-2-6-12-24;1-2-3(4)5/h4-6,9-10,16-17H,11-15H2,1-3H3,(H,25,26,27);2-5,8-9,15-16H,1,10-14H2,(H,23,24,25);1,3-4,9-10,14-15H,2,5-6,11-13H2,(H,21,22,23);2H,1H2. The number of benzene rings is 3. The van der Waals surface area contributed by atoms with Gasteiger partial charge in [-0.3, -0.25) is 9.59 Å². The molecule has 3 aliphatic heterocycles.